The van der Waals surface area contributed by atoms with Gasteiger partial charge < -0.3 is 10.2 Å². The lowest BCUT2D eigenvalue weighted by Gasteiger charge is -2.80. The van der Waals surface area contributed by atoms with Crippen LogP contribution in [-0.2, 0) is 10.8 Å². The molecule has 0 amide bonds. The number of phenolic OH excluding ortho intramolecular Hbond substituents is 2. The van der Waals surface area contributed by atoms with Crippen molar-refractivity contribution in [3.63, 3.8) is 0 Å². The smallest absolute Gasteiger partial charge is 0.165 e. The molecule has 0 saturated heterocycles. The molecule has 2 aromatic carbocycles. The van der Waals surface area contributed by atoms with E-state index in [2.05, 4.69) is 27.7 Å². The van der Waals surface area contributed by atoms with Crippen LogP contribution < -0.4 is 0 Å². The van der Waals surface area contributed by atoms with E-state index < -0.39 is 11.6 Å². The normalized spacial score (nSPS) is 50.0. The molecular weight excluding hydrogens is 502 g/mol. The van der Waals surface area contributed by atoms with Crippen LogP contribution in [0, 0.1) is 44.1 Å². The van der Waals surface area contributed by atoms with Crippen molar-refractivity contribution in [1.82, 2.24) is 0 Å². The second-order valence-electron chi connectivity index (χ2n) is 17.8. The third kappa shape index (κ3) is 3.20. The summed E-state index contributed by atoms with van der Waals surface area (Å²) < 4.78 is 29.7. The Bertz CT molecular complexity index is 1310. The molecule has 0 spiro atoms. The van der Waals surface area contributed by atoms with Crippen LogP contribution in [0.25, 0.3) is 0 Å². The average molecular weight is 547 g/mol. The number of halogens is 2. The van der Waals surface area contributed by atoms with Crippen molar-refractivity contribution < 1.29 is 19.0 Å². The summed E-state index contributed by atoms with van der Waals surface area (Å²) in [6, 6.07) is 10.4. The molecule has 40 heavy (non-hydrogen) atoms. The van der Waals surface area contributed by atoms with Crippen LogP contribution in [0.1, 0.15) is 116 Å². The fourth-order valence-corrected chi connectivity index (χ4v) is 14.8. The summed E-state index contributed by atoms with van der Waals surface area (Å²) in [5.74, 6) is -1.52. The molecule has 4 unspecified atom stereocenters. The van der Waals surface area contributed by atoms with Crippen molar-refractivity contribution in [2.75, 3.05) is 0 Å². The minimum Gasteiger partial charge on any atom is -0.505 e. The largest absolute Gasteiger partial charge is 0.505 e. The molecule has 0 aliphatic heterocycles. The molecule has 0 aromatic heterocycles. The predicted octanol–water partition coefficient (Wildman–Crippen LogP) is 9.31. The van der Waals surface area contributed by atoms with E-state index in [1.165, 1.54) is 38.5 Å². The lowest BCUT2D eigenvalue weighted by atomic mass is 9.24. The van der Waals surface area contributed by atoms with Crippen LogP contribution in [-0.4, -0.2) is 10.2 Å². The van der Waals surface area contributed by atoms with Gasteiger partial charge in [0, 0.05) is 0 Å². The molecule has 4 heteroatoms. The molecule has 2 N–H and O–H groups in total. The molecule has 8 aliphatic carbocycles. The van der Waals surface area contributed by atoms with Crippen LogP contribution >= 0.6 is 0 Å². The molecule has 0 heterocycles. The van der Waals surface area contributed by atoms with Crippen molar-refractivity contribution in [2.45, 2.75) is 116 Å². The summed E-state index contributed by atoms with van der Waals surface area (Å²) in [6.45, 7) is 10.0. The molecule has 4 atom stereocenters. The molecule has 8 aliphatic rings. The highest BCUT2D eigenvalue weighted by Crippen LogP contribution is 2.85. The SMILES string of the molecule is CC12CC3(C)CC(c4ccc(O)c(F)c4)(C1)CC(C14CC5(C)CC(C)(CC(c6ccc(O)c(F)c6)(C5)C1)C4)(C2)C3. The summed E-state index contributed by atoms with van der Waals surface area (Å²) in [5.41, 5.74) is 3.17. The van der Waals surface area contributed by atoms with Crippen LogP contribution in [0.2, 0.25) is 0 Å². The first-order valence-corrected chi connectivity index (χ1v) is 15.5. The summed E-state index contributed by atoms with van der Waals surface area (Å²) in [6.07, 6.45) is 14.0. The number of aromatic hydroxyl groups is 2. The van der Waals surface area contributed by atoms with E-state index in [0.29, 0.717) is 0 Å². The molecule has 8 fully saturated rings. The van der Waals surface area contributed by atoms with Crippen molar-refractivity contribution >= 4 is 0 Å². The average Bonchev–Trinajstić information content (AvgIpc) is 2.78. The maximum Gasteiger partial charge on any atom is 0.165 e. The Kier molecular flexibility index (Phi) is 4.54. The predicted molar refractivity (Wildman–Crippen MR) is 152 cm³/mol. The quantitative estimate of drug-likeness (QED) is 0.403. The first-order valence-electron chi connectivity index (χ1n) is 15.5. The Labute approximate surface area is 237 Å². The summed E-state index contributed by atoms with van der Waals surface area (Å²) in [5, 5.41) is 20.1. The fraction of sp³-hybridized carbons (Fsp3) is 0.667. The van der Waals surface area contributed by atoms with Gasteiger partial charge in [0.25, 0.3) is 0 Å². The first kappa shape index (κ1) is 25.6. The standard InChI is InChI=1S/C36H44F2O2/c1-29-11-30(2)14-33(13-29,23-5-7-27(39)25(37)9-23)21-35(17-29,18-30)36-19-31(3)12-32(4,20-36)16-34(15-31,22-36)24-6-8-28(40)26(38)10-24/h5-10,39-40H,11-22H2,1-4H3. The maximum absolute atomic E-state index is 14.9. The molecular formula is C36H44F2O2. The van der Waals surface area contributed by atoms with Crippen molar-refractivity contribution in [3.8, 4) is 11.5 Å². The second-order valence-corrected chi connectivity index (χ2v) is 17.8. The van der Waals surface area contributed by atoms with Gasteiger partial charge in [0.2, 0.25) is 0 Å². The van der Waals surface area contributed by atoms with E-state index in [4.69, 9.17) is 0 Å². The molecule has 214 valence electrons. The van der Waals surface area contributed by atoms with Gasteiger partial charge in [-0.3, -0.25) is 0 Å². The van der Waals surface area contributed by atoms with Gasteiger partial charge in [0.05, 0.1) is 0 Å². The summed E-state index contributed by atoms with van der Waals surface area (Å²) >= 11 is 0. The van der Waals surface area contributed by atoms with E-state index in [9.17, 15) is 19.0 Å². The van der Waals surface area contributed by atoms with E-state index in [1.807, 2.05) is 12.1 Å². The lowest BCUT2D eigenvalue weighted by Crippen LogP contribution is -2.71. The highest BCUT2D eigenvalue weighted by atomic mass is 19.1. The Balaban J connectivity index is 1.31. The van der Waals surface area contributed by atoms with Gasteiger partial charge in [-0.25, -0.2) is 8.78 Å². The Morgan fingerprint density at radius 3 is 1.10 bits per heavy atom. The Morgan fingerprint density at radius 2 is 0.800 bits per heavy atom. The van der Waals surface area contributed by atoms with E-state index >= 15 is 0 Å². The van der Waals surface area contributed by atoms with Gasteiger partial charge in [0.1, 0.15) is 0 Å². The molecule has 0 radical (unpaired) electrons. The summed E-state index contributed by atoms with van der Waals surface area (Å²) in [7, 11) is 0. The van der Waals surface area contributed by atoms with Gasteiger partial charge in [-0.1, -0.05) is 39.8 Å². The molecule has 2 nitrogen and oxygen atoms in total. The number of hydrogen-bond acceptors (Lipinski definition) is 2. The number of hydrogen-bond donors (Lipinski definition) is 2. The van der Waals surface area contributed by atoms with Crippen molar-refractivity contribution in [2.24, 2.45) is 32.5 Å². The van der Waals surface area contributed by atoms with Gasteiger partial charge >= 0.3 is 0 Å². The molecule has 8 bridgehead atoms. The van der Waals surface area contributed by atoms with E-state index in [-0.39, 0.29) is 54.8 Å². The monoisotopic (exact) mass is 546 g/mol. The highest BCUT2D eigenvalue weighted by Gasteiger charge is 2.76. The number of phenols is 2. The maximum atomic E-state index is 14.9. The fourth-order valence-electron chi connectivity index (χ4n) is 14.8. The minimum atomic E-state index is -0.499. The van der Waals surface area contributed by atoms with Crippen molar-refractivity contribution in [3.05, 3.63) is 59.2 Å². The van der Waals surface area contributed by atoms with Gasteiger partial charge in [-0.2, -0.15) is 0 Å². The van der Waals surface area contributed by atoms with Gasteiger partial charge in [-0.05, 0) is 156 Å². The summed E-state index contributed by atoms with van der Waals surface area (Å²) in [4.78, 5) is 0. The molecule has 10 rings (SSSR count). The van der Waals surface area contributed by atoms with Gasteiger partial charge in [-0.15, -0.1) is 0 Å². The zero-order valence-electron chi connectivity index (χ0n) is 24.6. The zero-order valence-corrected chi connectivity index (χ0v) is 24.6. The van der Waals surface area contributed by atoms with E-state index in [0.717, 1.165) is 49.7 Å². The minimum absolute atomic E-state index is 0.0737. The van der Waals surface area contributed by atoms with Gasteiger partial charge in [0.15, 0.2) is 23.1 Å². The topological polar surface area (TPSA) is 40.5 Å². The number of benzene rings is 2. The van der Waals surface area contributed by atoms with E-state index in [1.54, 1.807) is 24.3 Å². The third-order valence-corrected chi connectivity index (χ3v) is 13.4. The van der Waals surface area contributed by atoms with Crippen LogP contribution in [0.15, 0.2) is 36.4 Å². The van der Waals surface area contributed by atoms with Crippen LogP contribution in [0.5, 0.6) is 11.5 Å². The third-order valence-electron chi connectivity index (χ3n) is 13.4. The number of rotatable bonds is 3. The Morgan fingerprint density at radius 1 is 0.475 bits per heavy atom. The van der Waals surface area contributed by atoms with Crippen molar-refractivity contribution in [1.29, 1.82) is 0 Å². The first-order chi connectivity index (χ1) is 18.6. The second kappa shape index (κ2) is 7.09. The van der Waals surface area contributed by atoms with Crippen LogP contribution in [0.3, 0.4) is 0 Å². The van der Waals surface area contributed by atoms with Crippen LogP contribution in [0.4, 0.5) is 8.78 Å². The molecule has 8 saturated carbocycles. The molecule has 2 aromatic rings. The highest BCUT2D eigenvalue weighted by molar-refractivity contribution is 5.41. The Hall–Kier alpha value is -2.10. The lowest BCUT2D eigenvalue weighted by molar-refractivity contribution is -0.275. The zero-order chi connectivity index (χ0) is 28.2.